The van der Waals surface area contributed by atoms with E-state index in [1.54, 1.807) is 7.05 Å². The van der Waals surface area contributed by atoms with E-state index in [4.69, 9.17) is 0 Å². The number of carbonyl (C=O) groups is 2. The second kappa shape index (κ2) is 9.02. The molecule has 118 valence electrons. The number of nitrogens with one attached hydrogen (secondary N) is 3. The van der Waals surface area contributed by atoms with Crippen molar-refractivity contribution in [1.82, 2.24) is 10.6 Å². The van der Waals surface area contributed by atoms with Crippen molar-refractivity contribution in [3.8, 4) is 0 Å². The molecule has 0 aromatic heterocycles. The first-order chi connectivity index (χ1) is 10.2. The molecule has 0 saturated heterocycles. The van der Waals surface area contributed by atoms with E-state index in [1.165, 1.54) is 0 Å². The van der Waals surface area contributed by atoms with E-state index in [0.717, 1.165) is 16.5 Å². The number of amides is 2. The Morgan fingerprint density at radius 3 is 2.50 bits per heavy atom. The largest absolute Gasteiger partial charge is 0.347 e. The lowest BCUT2D eigenvalue weighted by atomic mass is 10.1. The summed E-state index contributed by atoms with van der Waals surface area (Å²) in [4.78, 5) is 23.3. The van der Waals surface area contributed by atoms with Crippen molar-refractivity contribution in [3.63, 3.8) is 0 Å². The van der Waals surface area contributed by atoms with Crippen molar-refractivity contribution in [1.29, 1.82) is 0 Å². The van der Waals surface area contributed by atoms with Gasteiger partial charge in [-0.3, -0.25) is 9.59 Å². The van der Waals surface area contributed by atoms with Crippen molar-refractivity contribution in [2.45, 2.75) is 6.42 Å². The molecule has 0 bridgehead atoms. The van der Waals surface area contributed by atoms with Crippen LogP contribution < -0.4 is 16.0 Å². The van der Waals surface area contributed by atoms with Crippen LogP contribution in [-0.2, 0) is 9.59 Å². The highest BCUT2D eigenvalue weighted by Gasteiger charge is 2.07. The molecule has 3 N–H and O–H groups in total. The zero-order chi connectivity index (χ0) is 15.1. The molecular formula is C16H20ClN3O2. The van der Waals surface area contributed by atoms with Crippen LogP contribution in [0.5, 0.6) is 0 Å². The molecule has 2 aromatic carbocycles. The molecule has 2 rings (SSSR count). The van der Waals surface area contributed by atoms with Gasteiger partial charge in [0.2, 0.25) is 11.8 Å². The minimum atomic E-state index is -0.232. The summed E-state index contributed by atoms with van der Waals surface area (Å²) in [6.45, 7) is 0.572. The van der Waals surface area contributed by atoms with Crippen molar-refractivity contribution in [2.24, 2.45) is 0 Å². The Morgan fingerprint density at radius 1 is 1.00 bits per heavy atom. The second-order valence-corrected chi connectivity index (χ2v) is 4.71. The van der Waals surface area contributed by atoms with Crippen LogP contribution in [0.15, 0.2) is 42.5 Å². The summed E-state index contributed by atoms with van der Waals surface area (Å²) in [5, 5.41) is 10.4. The Balaban J connectivity index is 0.00000242. The van der Waals surface area contributed by atoms with Gasteiger partial charge in [0, 0.05) is 24.0 Å². The minimum absolute atomic E-state index is 0. The van der Waals surface area contributed by atoms with Crippen LogP contribution in [-0.4, -0.2) is 32.0 Å². The first-order valence-corrected chi connectivity index (χ1v) is 6.89. The average molecular weight is 322 g/mol. The van der Waals surface area contributed by atoms with Crippen LogP contribution in [0, 0.1) is 0 Å². The lowest BCUT2D eigenvalue weighted by Gasteiger charge is -2.09. The molecule has 0 fully saturated rings. The maximum atomic E-state index is 11.9. The predicted octanol–water partition coefficient (Wildman–Crippen LogP) is 1.93. The quantitative estimate of drug-likeness (QED) is 0.761. The van der Waals surface area contributed by atoms with Crippen molar-refractivity contribution in [3.05, 3.63) is 42.5 Å². The third kappa shape index (κ3) is 5.02. The molecule has 6 heteroatoms. The molecular weight excluding hydrogens is 302 g/mol. The fourth-order valence-corrected chi connectivity index (χ4v) is 2.03. The summed E-state index contributed by atoms with van der Waals surface area (Å²) >= 11 is 0. The number of rotatable bonds is 6. The van der Waals surface area contributed by atoms with Crippen LogP contribution in [0.2, 0.25) is 0 Å². The number of carbonyl (C=O) groups excluding carboxylic acids is 2. The van der Waals surface area contributed by atoms with Gasteiger partial charge in [-0.2, -0.15) is 0 Å². The summed E-state index contributed by atoms with van der Waals surface area (Å²) in [6.07, 6.45) is 0.359. The maximum Gasteiger partial charge on any atom is 0.243 e. The van der Waals surface area contributed by atoms with E-state index in [2.05, 4.69) is 16.0 Å². The third-order valence-electron chi connectivity index (χ3n) is 3.11. The van der Waals surface area contributed by atoms with Crippen LogP contribution in [0.1, 0.15) is 6.42 Å². The van der Waals surface area contributed by atoms with Gasteiger partial charge >= 0.3 is 0 Å². The zero-order valence-electron chi connectivity index (χ0n) is 12.4. The average Bonchev–Trinajstić information content (AvgIpc) is 2.51. The Labute approximate surface area is 135 Å². The summed E-state index contributed by atoms with van der Waals surface area (Å²) in [6, 6.07) is 13.6. The van der Waals surface area contributed by atoms with E-state index >= 15 is 0 Å². The van der Waals surface area contributed by atoms with Crippen LogP contribution >= 0.6 is 12.4 Å². The highest BCUT2D eigenvalue weighted by molar-refractivity contribution is 6.03. The zero-order valence-corrected chi connectivity index (χ0v) is 13.2. The summed E-state index contributed by atoms with van der Waals surface area (Å²) < 4.78 is 0. The summed E-state index contributed by atoms with van der Waals surface area (Å²) in [5.41, 5.74) is 0.752. The molecule has 2 aromatic rings. The molecule has 0 radical (unpaired) electrons. The Hall–Kier alpha value is -2.11. The molecule has 0 spiro atoms. The minimum Gasteiger partial charge on any atom is -0.347 e. The lowest BCUT2D eigenvalue weighted by Crippen LogP contribution is -2.34. The Bertz CT molecular complexity index is 641. The molecule has 0 unspecified atom stereocenters. The molecule has 0 aliphatic rings. The maximum absolute atomic E-state index is 11.9. The van der Waals surface area contributed by atoms with Gasteiger partial charge < -0.3 is 16.0 Å². The molecule has 22 heavy (non-hydrogen) atoms. The third-order valence-corrected chi connectivity index (χ3v) is 3.11. The van der Waals surface area contributed by atoms with E-state index in [0.29, 0.717) is 13.0 Å². The molecule has 0 aliphatic carbocycles. The first kappa shape index (κ1) is 17.9. The molecule has 5 nitrogen and oxygen atoms in total. The van der Waals surface area contributed by atoms with E-state index in [-0.39, 0.29) is 30.8 Å². The number of benzene rings is 2. The second-order valence-electron chi connectivity index (χ2n) is 4.71. The van der Waals surface area contributed by atoms with Crippen molar-refractivity contribution in [2.75, 3.05) is 25.5 Å². The van der Waals surface area contributed by atoms with Gasteiger partial charge in [0.15, 0.2) is 0 Å². The van der Waals surface area contributed by atoms with Crippen molar-refractivity contribution < 1.29 is 9.59 Å². The monoisotopic (exact) mass is 321 g/mol. The highest BCUT2D eigenvalue weighted by Crippen LogP contribution is 2.22. The highest BCUT2D eigenvalue weighted by atomic mass is 35.5. The van der Waals surface area contributed by atoms with Gasteiger partial charge in [0.1, 0.15) is 0 Å². The van der Waals surface area contributed by atoms with Gasteiger partial charge in [-0.15, -0.1) is 12.4 Å². The standard InChI is InChI=1S/C16H19N3O2.ClH/c1-17-10-9-15(20)18-11-16(21)19-14-8-4-6-12-5-2-3-7-13(12)14;/h2-8,17H,9-11H2,1H3,(H,18,20)(H,19,21);1H. The number of halogens is 1. The molecule has 0 aliphatic heterocycles. The Morgan fingerprint density at radius 2 is 1.73 bits per heavy atom. The van der Waals surface area contributed by atoms with Crippen molar-refractivity contribution >= 4 is 40.7 Å². The number of anilines is 1. The van der Waals surface area contributed by atoms with Crippen LogP contribution in [0.25, 0.3) is 10.8 Å². The predicted molar refractivity (Wildman–Crippen MR) is 91.4 cm³/mol. The SMILES string of the molecule is CNCCC(=O)NCC(=O)Nc1cccc2ccccc12.Cl. The van der Waals surface area contributed by atoms with Gasteiger partial charge in [-0.05, 0) is 18.5 Å². The van der Waals surface area contributed by atoms with Crippen LogP contribution in [0.3, 0.4) is 0 Å². The molecule has 0 saturated carbocycles. The number of fused-ring (bicyclic) bond motifs is 1. The van der Waals surface area contributed by atoms with Gasteiger partial charge in [0.25, 0.3) is 0 Å². The van der Waals surface area contributed by atoms with E-state index in [1.807, 2.05) is 42.5 Å². The van der Waals surface area contributed by atoms with Gasteiger partial charge in [-0.25, -0.2) is 0 Å². The number of hydrogen-bond acceptors (Lipinski definition) is 3. The topological polar surface area (TPSA) is 70.2 Å². The smallest absolute Gasteiger partial charge is 0.243 e. The van der Waals surface area contributed by atoms with E-state index in [9.17, 15) is 9.59 Å². The molecule has 2 amide bonds. The summed E-state index contributed by atoms with van der Waals surface area (Å²) in [7, 11) is 1.78. The Kier molecular flexibility index (Phi) is 7.36. The van der Waals surface area contributed by atoms with E-state index < -0.39 is 0 Å². The van der Waals surface area contributed by atoms with Crippen LogP contribution in [0.4, 0.5) is 5.69 Å². The fourth-order valence-electron chi connectivity index (χ4n) is 2.03. The summed E-state index contributed by atoms with van der Waals surface area (Å²) in [5.74, 6) is -0.374. The lowest BCUT2D eigenvalue weighted by molar-refractivity contribution is -0.124. The first-order valence-electron chi connectivity index (χ1n) is 6.89. The number of hydrogen-bond donors (Lipinski definition) is 3. The molecule has 0 heterocycles. The fraction of sp³-hybridized carbons (Fsp3) is 0.250. The molecule has 0 atom stereocenters. The normalized spacial score (nSPS) is 9.86. The van der Waals surface area contributed by atoms with Gasteiger partial charge in [0.05, 0.1) is 6.54 Å². The van der Waals surface area contributed by atoms with Gasteiger partial charge in [-0.1, -0.05) is 36.4 Å².